The first kappa shape index (κ1) is 14.8. The second-order valence-corrected chi connectivity index (χ2v) is 4.72. The molecule has 0 saturated heterocycles. The lowest BCUT2D eigenvalue weighted by Crippen LogP contribution is -2.30. The Labute approximate surface area is 119 Å². The molecule has 0 heterocycles. The fraction of sp³-hybridized carbons (Fsp3) is 0.143. The van der Waals surface area contributed by atoms with Crippen molar-refractivity contribution in [1.29, 1.82) is 0 Å². The second-order valence-electron chi connectivity index (χ2n) is 4.31. The van der Waals surface area contributed by atoms with Crippen LogP contribution in [0.5, 0.6) is 0 Å². The van der Waals surface area contributed by atoms with Gasteiger partial charge >= 0.3 is 0 Å². The van der Waals surface area contributed by atoms with Crippen LogP contribution < -0.4 is 11.3 Å². The zero-order valence-electron chi connectivity index (χ0n) is 10.3. The minimum atomic E-state index is -0.955. The van der Waals surface area contributed by atoms with Crippen LogP contribution in [-0.2, 0) is 6.42 Å². The molecule has 0 saturated carbocycles. The van der Waals surface area contributed by atoms with Crippen LogP contribution >= 0.6 is 11.6 Å². The number of halogens is 4. The molecule has 1 atom stereocenters. The molecule has 0 aliphatic rings. The molecule has 20 heavy (non-hydrogen) atoms. The van der Waals surface area contributed by atoms with Gasteiger partial charge in [0.25, 0.3) is 0 Å². The second kappa shape index (κ2) is 6.26. The third-order valence-electron chi connectivity index (χ3n) is 2.98. The highest BCUT2D eigenvalue weighted by Crippen LogP contribution is 2.24. The molecule has 106 valence electrons. The van der Waals surface area contributed by atoms with Crippen molar-refractivity contribution in [2.45, 2.75) is 12.5 Å². The van der Waals surface area contributed by atoms with Gasteiger partial charge in [0.15, 0.2) is 11.6 Å². The zero-order valence-corrected chi connectivity index (χ0v) is 11.1. The van der Waals surface area contributed by atoms with E-state index in [9.17, 15) is 13.2 Å². The molecule has 0 bridgehead atoms. The minimum absolute atomic E-state index is 0.0296. The Morgan fingerprint density at radius 2 is 1.85 bits per heavy atom. The fourth-order valence-electron chi connectivity index (χ4n) is 1.95. The molecule has 2 aromatic carbocycles. The Kier molecular flexibility index (Phi) is 4.65. The van der Waals surface area contributed by atoms with Gasteiger partial charge in [0.1, 0.15) is 5.82 Å². The maximum absolute atomic E-state index is 13.7. The van der Waals surface area contributed by atoms with E-state index in [1.807, 2.05) is 0 Å². The number of nitrogens with two attached hydrogens (primary N) is 1. The molecule has 2 rings (SSSR count). The van der Waals surface area contributed by atoms with Crippen molar-refractivity contribution in [2.24, 2.45) is 5.84 Å². The summed E-state index contributed by atoms with van der Waals surface area (Å²) in [5.74, 6) is 2.96. The highest BCUT2D eigenvalue weighted by Gasteiger charge is 2.18. The van der Waals surface area contributed by atoms with E-state index in [1.165, 1.54) is 30.3 Å². The summed E-state index contributed by atoms with van der Waals surface area (Å²) < 4.78 is 40.0. The molecule has 0 aromatic heterocycles. The fourth-order valence-corrected chi connectivity index (χ4v) is 2.15. The van der Waals surface area contributed by atoms with Crippen LogP contribution in [0.15, 0.2) is 36.4 Å². The molecule has 0 aliphatic carbocycles. The van der Waals surface area contributed by atoms with Gasteiger partial charge in [0.2, 0.25) is 0 Å². The molecule has 6 heteroatoms. The number of hydrogen-bond donors (Lipinski definition) is 2. The molecule has 0 aliphatic heterocycles. The Balaban J connectivity index is 2.28. The first-order chi connectivity index (χ1) is 9.52. The third-order valence-corrected chi connectivity index (χ3v) is 3.27. The molecular formula is C14H12ClF3N2. The minimum Gasteiger partial charge on any atom is -0.271 e. The monoisotopic (exact) mass is 300 g/mol. The highest BCUT2D eigenvalue weighted by molar-refractivity contribution is 6.30. The predicted octanol–water partition coefficient (Wildman–Crippen LogP) is 3.50. The van der Waals surface area contributed by atoms with Crippen LogP contribution in [0.1, 0.15) is 17.2 Å². The van der Waals surface area contributed by atoms with Crippen LogP contribution in [0, 0.1) is 17.5 Å². The smallest absolute Gasteiger partial charge is 0.163 e. The van der Waals surface area contributed by atoms with Crippen molar-refractivity contribution in [3.63, 3.8) is 0 Å². The average molecular weight is 301 g/mol. The summed E-state index contributed by atoms with van der Waals surface area (Å²) in [6.07, 6.45) is 0.247. The van der Waals surface area contributed by atoms with Gasteiger partial charge in [-0.2, -0.15) is 0 Å². The van der Waals surface area contributed by atoms with Crippen LogP contribution in [0.4, 0.5) is 13.2 Å². The summed E-state index contributed by atoms with van der Waals surface area (Å²) in [6.45, 7) is 0. The summed E-state index contributed by atoms with van der Waals surface area (Å²) in [6, 6.07) is 7.38. The van der Waals surface area contributed by atoms with Crippen molar-refractivity contribution in [2.75, 3.05) is 0 Å². The summed E-state index contributed by atoms with van der Waals surface area (Å²) in [7, 11) is 0. The van der Waals surface area contributed by atoms with E-state index in [0.717, 1.165) is 6.07 Å². The van der Waals surface area contributed by atoms with E-state index in [4.69, 9.17) is 17.4 Å². The normalized spacial score (nSPS) is 12.4. The maximum atomic E-state index is 13.7. The number of benzene rings is 2. The third kappa shape index (κ3) is 3.12. The number of rotatable bonds is 4. The molecule has 2 nitrogen and oxygen atoms in total. The van der Waals surface area contributed by atoms with E-state index in [1.54, 1.807) is 0 Å². The summed E-state index contributed by atoms with van der Waals surface area (Å²) in [4.78, 5) is 0. The van der Waals surface area contributed by atoms with Gasteiger partial charge in [-0.3, -0.25) is 11.3 Å². The van der Waals surface area contributed by atoms with Crippen LogP contribution in [0.2, 0.25) is 5.02 Å². The lowest BCUT2D eigenvalue weighted by atomic mass is 9.99. The van der Waals surface area contributed by atoms with Gasteiger partial charge in [-0.25, -0.2) is 13.2 Å². The molecule has 0 spiro atoms. The number of nitrogens with one attached hydrogen (secondary N) is 1. The standard InChI is InChI=1S/C14H12ClF3N2/c15-10-6-8(4-5-11(10)16)7-13(20-19)9-2-1-3-12(17)14(9)18/h1-6,13,20H,7,19H2. The Bertz CT molecular complexity index is 619. The molecule has 2 aromatic rings. The van der Waals surface area contributed by atoms with Gasteiger partial charge in [-0.05, 0) is 30.2 Å². The van der Waals surface area contributed by atoms with Crippen molar-refractivity contribution in [1.82, 2.24) is 5.43 Å². The van der Waals surface area contributed by atoms with Gasteiger partial charge in [-0.1, -0.05) is 29.8 Å². The quantitative estimate of drug-likeness (QED) is 0.670. The Hall–Kier alpha value is -1.56. The number of hydrogen-bond acceptors (Lipinski definition) is 2. The van der Waals surface area contributed by atoms with Crippen LogP contribution in [-0.4, -0.2) is 0 Å². The van der Waals surface area contributed by atoms with Crippen molar-refractivity contribution < 1.29 is 13.2 Å². The number of hydrazine groups is 1. The zero-order chi connectivity index (χ0) is 14.7. The summed E-state index contributed by atoms with van der Waals surface area (Å²) in [5.41, 5.74) is 3.19. The van der Waals surface area contributed by atoms with E-state index in [0.29, 0.717) is 5.56 Å². The first-order valence-corrected chi connectivity index (χ1v) is 6.24. The van der Waals surface area contributed by atoms with Gasteiger partial charge in [0.05, 0.1) is 11.1 Å². The van der Waals surface area contributed by atoms with Crippen molar-refractivity contribution in [3.8, 4) is 0 Å². The van der Waals surface area contributed by atoms with Crippen LogP contribution in [0.3, 0.4) is 0 Å². The van der Waals surface area contributed by atoms with Crippen LogP contribution in [0.25, 0.3) is 0 Å². The molecule has 1 unspecified atom stereocenters. The van der Waals surface area contributed by atoms with E-state index in [2.05, 4.69) is 5.43 Å². The molecule has 0 fully saturated rings. The maximum Gasteiger partial charge on any atom is 0.163 e. The largest absolute Gasteiger partial charge is 0.271 e. The molecule has 3 N–H and O–H groups in total. The molecule has 0 radical (unpaired) electrons. The van der Waals surface area contributed by atoms with Crippen molar-refractivity contribution in [3.05, 3.63) is 70.0 Å². The Morgan fingerprint density at radius 3 is 2.50 bits per heavy atom. The molecular weight excluding hydrogens is 289 g/mol. The Morgan fingerprint density at radius 1 is 1.10 bits per heavy atom. The van der Waals surface area contributed by atoms with Gasteiger partial charge in [0, 0.05) is 5.56 Å². The summed E-state index contributed by atoms with van der Waals surface area (Å²) in [5, 5.41) is -0.0296. The molecule has 0 amide bonds. The SMILES string of the molecule is NNC(Cc1ccc(F)c(Cl)c1)c1cccc(F)c1F. The lowest BCUT2D eigenvalue weighted by molar-refractivity contribution is 0.464. The highest BCUT2D eigenvalue weighted by atomic mass is 35.5. The van der Waals surface area contributed by atoms with Crippen molar-refractivity contribution >= 4 is 11.6 Å². The first-order valence-electron chi connectivity index (χ1n) is 5.87. The van der Waals surface area contributed by atoms with E-state index >= 15 is 0 Å². The van der Waals surface area contributed by atoms with E-state index in [-0.39, 0.29) is 17.0 Å². The summed E-state index contributed by atoms with van der Waals surface area (Å²) >= 11 is 5.68. The van der Waals surface area contributed by atoms with Gasteiger partial charge in [-0.15, -0.1) is 0 Å². The topological polar surface area (TPSA) is 38.0 Å². The van der Waals surface area contributed by atoms with Gasteiger partial charge < -0.3 is 0 Å². The van der Waals surface area contributed by atoms with E-state index < -0.39 is 23.5 Å². The lowest BCUT2D eigenvalue weighted by Gasteiger charge is -2.17. The predicted molar refractivity (Wildman–Crippen MR) is 71.5 cm³/mol. The average Bonchev–Trinajstić information content (AvgIpc) is 2.43.